The SMILES string of the molecule is CCCNC(=S)[S-].[Br-].[Mg+2]. The molecule has 0 aromatic rings. The summed E-state index contributed by atoms with van der Waals surface area (Å²) in [6, 6.07) is 0. The molecule has 0 atom stereocenters. The molecule has 50 valence electrons. The van der Waals surface area contributed by atoms with E-state index in [0.29, 0.717) is 4.32 Å². The Labute approximate surface area is 93.7 Å². The zero-order valence-corrected chi connectivity index (χ0v) is 9.95. The van der Waals surface area contributed by atoms with Crippen molar-refractivity contribution < 1.29 is 17.0 Å². The van der Waals surface area contributed by atoms with E-state index in [-0.39, 0.29) is 40.0 Å². The molecule has 0 fully saturated rings. The topological polar surface area (TPSA) is 12.0 Å². The van der Waals surface area contributed by atoms with Gasteiger partial charge in [0.15, 0.2) is 0 Å². The number of rotatable bonds is 2. The summed E-state index contributed by atoms with van der Waals surface area (Å²) in [5.74, 6) is 0. The number of hydrogen-bond acceptors (Lipinski definition) is 2. The molecule has 1 N–H and O–H groups in total. The molecule has 0 unspecified atom stereocenters. The van der Waals surface area contributed by atoms with Gasteiger partial charge in [-0.15, -0.1) is 0 Å². The normalized spacial score (nSPS) is 6.33. The van der Waals surface area contributed by atoms with Crippen molar-refractivity contribution in [1.82, 2.24) is 5.32 Å². The molecule has 0 aromatic carbocycles. The molecule has 0 aliphatic heterocycles. The fourth-order valence-electron chi connectivity index (χ4n) is 0.227. The van der Waals surface area contributed by atoms with Crippen molar-refractivity contribution in [3.63, 3.8) is 0 Å². The van der Waals surface area contributed by atoms with E-state index in [1.54, 1.807) is 0 Å². The van der Waals surface area contributed by atoms with Crippen LogP contribution in [0.15, 0.2) is 0 Å². The van der Waals surface area contributed by atoms with Gasteiger partial charge in [0.1, 0.15) is 0 Å². The van der Waals surface area contributed by atoms with Crippen molar-refractivity contribution in [2.75, 3.05) is 6.54 Å². The fourth-order valence-corrected chi connectivity index (χ4v) is 0.431. The first-order valence-corrected chi connectivity index (χ1v) is 3.04. The third-order valence-electron chi connectivity index (χ3n) is 0.519. The Bertz CT molecular complexity index is 71.6. The molecule has 0 aliphatic rings. The summed E-state index contributed by atoms with van der Waals surface area (Å²) in [7, 11) is 0. The van der Waals surface area contributed by atoms with E-state index < -0.39 is 0 Å². The van der Waals surface area contributed by atoms with E-state index in [0.717, 1.165) is 13.0 Å². The zero-order valence-electron chi connectivity index (χ0n) is 5.32. The monoisotopic (exact) mass is 237 g/mol. The zero-order chi connectivity index (χ0) is 5.70. The quantitative estimate of drug-likeness (QED) is 0.323. The number of hydrogen-bond donors (Lipinski definition) is 1. The summed E-state index contributed by atoms with van der Waals surface area (Å²) in [5.41, 5.74) is 0. The average Bonchev–Trinajstić information content (AvgIpc) is 1.61. The Morgan fingerprint density at radius 2 is 2.11 bits per heavy atom. The summed E-state index contributed by atoms with van der Waals surface area (Å²) in [6.07, 6.45) is 1.08. The maximum atomic E-state index is 4.56. The van der Waals surface area contributed by atoms with Crippen LogP contribution in [0.5, 0.6) is 0 Å². The van der Waals surface area contributed by atoms with Crippen LogP contribution in [0, 0.1) is 0 Å². The smallest absolute Gasteiger partial charge is 1.00 e. The van der Waals surface area contributed by atoms with Gasteiger partial charge in [-0.25, -0.2) is 0 Å². The molecule has 0 saturated heterocycles. The van der Waals surface area contributed by atoms with Gasteiger partial charge in [-0.3, -0.25) is 0 Å². The van der Waals surface area contributed by atoms with Gasteiger partial charge in [0, 0.05) is 6.54 Å². The molecule has 0 saturated carbocycles. The fraction of sp³-hybridized carbons (Fsp3) is 0.750. The average molecular weight is 238 g/mol. The van der Waals surface area contributed by atoms with Crippen molar-refractivity contribution in [2.45, 2.75) is 13.3 Å². The second-order valence-corrected chi connectivity index (χ2v) is 2.29. The van der Waals surface area contributed by atoms with Crippen LogP contribution >= 0.6 is 12.2 Å². The molecule has 1 nitrogen and oxygen atoms in total. The summed E-state index contributed by atoms with van der Waals surface area (Å²) in [4.78, 5) is 0. The standard InChI is InChI=1S/C4H9NS2.BrH.Mg/c1-2-3-5-4(6)7;;/h2-3H2,1H3,(H2,5,6,7);1H;/q;;+2/p-2. The minimum absolute atomic E-state index is 0. The maximum Gasteiger partial charge on any atom is 2.00 e. The molecule has 0 rings (SSSR count). The van der Waals surface area contributed by atoms with Crippen LogP contribution in [0.3, 0.4) is 0 Å². The van der Waals surface area contributed by atoms with Crippen molar-refractivity contribution in [3.05, 3.63) is 0 Å². The van der Waals surface area contributed by atoms with Gasteiger partial charge in [0.25, 0.3) is 0 Å². The van der Waals surface area contributed by atoms with Crippen LogP contribution in [-0.4, -0.2) is 33.9 Å². The van der Waals surface area contributed by atoms with Crippen molar-refractivity contribution in [1.29, 1.82) is 0 Å². The molecular formula is C4H8BrMgNS2. The van der Waals surface area contributed by atoms with Gasteiger partial charge < -0.3 is 47.1 Å². The predicted molar refractivity (Wildman–Crippen MR) is 44.0 cm³/mol. The molecule has 0 aliphatic carbocycles. The van der Waals surface area contributed by atoms with Crippen LogP contribution in [-0.2, 0) is 12.6 Å². The molecule has 9 heavy (non-hydrogen) atoms. The molecule has 5 heteroatoms. The van der Waals surface area contributed by atoms with E-state index >= 15 is 0 Å². The summed E-state index contributed by atoms with van der Waals surface area (Å²) in [6.45, 7) is 2.98. The van der Waals surface area contributed by atoms with Crippen molar-refractivity contribution >= 4 is 52.2 Å². The van der Waals surface area contributed by atoms with Gasteiger partial charge in [-0.05, 0) is 6.42 Å². The van der Waals surface area contributed by atoms with E-state index in [9.17, 15) is 0 Å². The van der Waals surface area contributed by atoms with Crippen molar-refractivity contribution in [3.8, 4) is 0 Å². The number of thiocarbonyl (C=S) groups is 1. The maximum absolute atomic E-state index is 4.56. The summed E-state index contributed by atoms with van der Waals surface area (Å²) < 4.78 is 0.474. The third-order valence-corrected chi connectivity index (χ3v) is 0.808. The van der Waals surface area contributed by atoms with Gasteiger partial charge in [-0.2, -0.15) is 0 Å². The van der Waals surface area contributed by atoms with Gasteiger partial charge in [0.2, 0.25) is 0 Å². The van der Waals surface area contributed by atoms with Crippen molar-refractivity contribution in [2.24, 2.45) is 0 Å². The second kappa shape index (κ2) is 12.1. The van der Waals surface area contributed by atoms with Crippen LogP contribution < -0.4 is 22.3 Å². The summed E-state index contributed by atoms with van der Waals surface area (Å²) >= 11 is 9.13. The molecule has 0 bridgehead atoms. The van der Waals surface area contributed by atoms with Gasteiger partial charge in [0.05, 0.1) is 0 Å². The first-order valence-electron chi connectivity index (χ1n) is 2.22. The molecule has 0 aromatic heterocycles. The summed E-state index contributed by atoms with van der Waals surface area (Å²) in [5, 5.41) is 2.84. The Hall–Kier alpha value is 1.36. The van der Waals surface area contributed by atoms with E-state index in [4.69, 9.17) is 0 Å². The van der Waals surface area contributed by atoms with Gasteiger partial charge in [-0.1, -0.05) is 11.2 Å². The van der Waals surface area contributed by atoms with Crippen LogP contribution in [0.4, 0.5) is 0 Å². The first kappa shape index (κ1) is 16.8. The predicted octanol–water partition coefficient (Wildman–Crippen LogP) is -2.56. The first-order chi connectivity index (χ1) is 3.27. The number of nitrogens with one attached hydrogen (secondary N) is 1. The molecule has 0 radical (unpaired) electrons. The number of halogens is 1. The van der Waals surface area contributed by atoms with E-state index in [2.05, 4.69) is 37.1 Å². The second-order valence-electron chi connectivity index (χ2n) is 1.21. The van der Waals surface area contributed by atoms with Crippen LogP contribution in [0.2, 0.25) is 0 Å². The Kier molecular flexibility index (Phi) is 22.5. The molecule has 0 amide bonds. The van der Waals surface area contributed by atoms with Crippen LogP contribution in [0.1, 0.15) is 13.3 Å². The van der Waals surface area contributed by atoms with E-state index in [1.165, 1.54) is 0 Å². The van der Waals surface area contributed by atoms with Crippen LogP contribution in [0.25, 0.3) is 0 Å². The Morgan fingerprint density at radius 3 is 2.22 bits per heavy atom. The molecule has 0 spiro atoms. The largest absolute Gasteiger partial charge is 2.00 e. The molecular weight excluding hydrogens is 230 g/mol. The van der Waals surface area contributed by atoms with Gasteiger partial charge >= 0.3 is 23.1 Å². The minimum atomic E-state index is 0. The third kappa shape index (κ3) is 17.6. The Balaban J connectivity index is -0.000000180. The Morgan fingerprint density at radius 1 is 1.67 bits per heavy atom. The molecule has 0 heterocycles. The minimum Gasteiger partial charge on any atom is -1.00 e. The van der Waals surface area contributed by atoms with E-state index in [1.807, 2.05) is 0 Å².